The Morgan fingerprint density at radius 3 is 2.38 bits per heavy atom. The second-order valence-electron chi connectivity index (χ2n) is 4.48. The maximum Gasteiger partial charge on any atom is 0.119 e. The lowest BCUT2D eigenvalue weighted by Crippen LogP contribution is -2.24. The smallest absolute Gasteiger partial charge is 0.119 e. The summed E-state index contributed by atoms with van der Waals surface area (Å²) in [4.78, 5) is 2.21. The average molecular weight is 222 g/mol. The minimum atomic E-state index is 0.636. The number of ether oxygens (including phenoxy) is 1. The molecule has 90 valence electrons. The molecule has 1 aromatic rings. The van der Waals surface area contributed by atoms with Crippen LogP contribution in [-0.4, -0.2) is 39.2 Å². The largest absolute Gasteiger partial charge is 0.497 e. The first kappa shape index (κ1) is 12.8. The number of methoxy groups -OCH3 is 1. The lowest BCUT2D eigenvalue weighted by Gasteiger charge is -2.18. The van der Waals surface area contributed by atoms with E-state index in [2.05, 4.69) is 31.2 Å². The van der Waals surface area contributed by atoms with Crippen molar-refractivity contribution in [3.63, 3.8) is 0 Å². The van der Waals surface area contributed by atoms with Crippen molar-refractivity contribution >= 4 is 5.69 Å². The molecule has 3 heteroatoms. The summed E-state index contributed by atoms with van der Waals surface area (Å²) in [6.07, 6.45) is 0. The van der Waals surface area contributed by atoms with Gasteiger partial charge in [0.1, 0.15) is 5.75 Å². The van der Waals surface area contributed by atoms with Crippen LogP contribution in [0.2, 0.25) is 0 Å². The number of benzene rings is 1. The van der Waals surface area contributed by atoms with Gasteiger partial charge in [-0.2, -0.15) is 0 Å². The summed E-state index contributed by atoms with van der Waals surface area (Å²) >= 11 is 0. The number of anilines is 1. The number of hydrogen-bond acceptors (Lipinski definition) is 3. The van der Waals surface area contributed by atoms with Crippen LogP contribution in [0, 0.1) is 5.92 Å². The number of nitrogens with one attached hydrogen (secondary N) is 1. The molecule has 1 aromatic carbocycles. The van der Waals surface area contributed by atoms with E-state index in [9.17, 15) is 0 Å². The Kier molecular flexibility index (Phi) is 5.12. The van der Waals surface area contributed by atoms with Gasteiger partial charge in [0.05, 0.1) is 7.11 Å². The van der Waals surface area contributed by atoms with Crippen molar-refractivity contribution in [2.24, 2.45) is 5.92 Å². The topological polar surface area (TPSA) is 24.5 Å². The van der Waals surface area contributed by atoms with Crippen LogP contribution in [0.4, 0.5) is 5.69 Å². The quantitative estimate of drug-likeness (QED) is 0.799. The molecule has 0 bridgehead atoms. The van der Waals surface area contributed by atoms with Crippen LogP contribution in [0.5, 0.6) is 5.75 Å². The standard InChI is InChI=1S/C13H22N2O/c1-11(10-15(2)3)9-14-12-5-7-13(16-4)8-6-12/h5-8,11,14H,9-10H2,1-4H3. The minimum absolute atomic E-state index is 0.636. The fourth-order valence-electron chi connectivity index (χ4n) is 1.69. The van der Waals surface area contributed by atoms with Crippen molar-refractivity contribution in [1.82, 2.24) is 4.90 Å². The molecule has 0 fully saturated rings. The fraction of sp³-hybridized carbons (Fsp3) is 0.538. The highest BCUT2D eigenvalue weighted by atomic mass is 16.5. The lowest BCUT2D eigenvalue weighted by atomic mass is 10.1. The average Bonchev–Trinajstić information content (AvgIpc) is 2.26. The van der Waals surface area contributed by atoms with Gasteiger partial charge < -0.3 is 15.0 Å². The molecule has 1 N–H and O–H groups in total. The Morgan fingerprint density at radius 2 is 1.88 bits per heavy atom. The van der Waals surface area contributed by atoms with E-state index in [0.717, 1.165) is 24.5 Å². The number of hydrogen-bond donors (Lipinski definition) is 1. The Labute approximate surface area is 98.4 Å². The maximum atomic E-state index is 5.11. The summed E-state index contributed by atoms with van der Waals surface area (Å²) in [5.41, 5.74) is 1.14. The molecule has 16 heavy (non-hydrogen) atoms. The van der Waals surface area contributed by atoms with E-state index in [1.807, 2.05) is 24.3 Å². The predicted molar refractivity (Wildman–Crippen MR) is 69.2 cm³/mol. The van der Waals surface area contributed by atoms with Crippen molar-refractivity contribution < 1.29 is 4.74 Å². The second kappa shape index (κ2) is 6.38. The zero-order valence-electron chi connectivity index (χ0n) is 10.7. The monoisotopic (exact) mass is 222 g/mol. The molecule has 0 amide bonds. The van der Waals surface area contributed by atoms with E-state index in [-0.39, 0.29) is 0 Å². The van der Waals surface area contributed by atoms with Gasteiger partial charge in [-0.05, 0) is 44.3 Å². The van der Waals surface area contributed by atoms with Crippen LogP contribution in [0.3, 0.4) is 0 Å². The zero-order valence-corrected chi connectivity index (χ0v) is 10.7. The molecule has 3 nitrogen and oxygen atoms in total. The van der Waals surface area contributed by atoms with Gasteiger partial charge in [0.2, 0.25) is 0 Å². The first-order valence-corrected chi connectivity index (χ1v) is 5.64. The third-order valence-electron chi connectivity index (χ3n) is 2.42. The van der Waals surface area contributed by atoms with Crippen molar-refractivity contribution in [2.45, 2.75) is 6.92 Å². The van der Waals surface area contributed by atoms with Gasteiger partial charge >= 0.3 is 0 Å². The van der Waals surface area contributed by atoms with Crippen LogP contribution in [-0.2, 0) is 0 Å². The highest BCUT2D eigenvalue weighted by molar-refractivity contribution is 5.46. The van der Waals surface area contributed by atoms with Crippen molar-refractivity contribution in [3.05, 3.63) is 24.3 Å². The number of rotatable bonds is 6. The second-order valence-corrected chi connectivity index (χ2v) is 4.48. The van der Waals surface area contributed by atoms with Gasteiger partial charge in [-0.1, -0.05) is 6.92 Å². The molecule has 0 aliphatic carbocycles. The molecular weight excluding hydrogens is 200 g/mol. The summed E-state index contributed by atoms with van der Waals surface area (Å²) in [6, 6.07) is 8.03. The molecule has 0 radical (unpaired) electrons. The SMILES string of the molecule is COc1ccc(NCC(C)CN(C)C)cc1. The molecule has 1 unspecified atom stereocenters. The van der Waals surface area contributed by atoms with Gasteiger partial charge in [0.25, 0.3) is 0 Å². The first-order chi connectivity index (χ1) is 7.61. The molecule has 0 aliphatic heterocycles. The molecule has 0 aliphatic rings. The first-order valence-electron chi connectivity index (χ1n) is 5.64. The van der Waals surface area contributed by atoms with E-state index in [4.69, 9.17) is 4.74 Å². The Morgan fingerprint density at radius 1 is 1.25 bits per heavy atom. The molecular formula is C13H22N2O. The van der Waals surface area contributed by atoms with Crippen LogP contribution in [0.15, 0.2) is 24.3 Å². The third-order valence-corrected chi connectivity index (χ3v) is 2.42. The summed E-state index contributed by atoms with van der Waals surface area (Å²) in [5, 5.41) is 3.42. The van der Waals surface area contributed by atoms with Gasteiger partial charge in [0.15, 0.2) is 0 Å². The summed E-state index contributed by atoms with van der Waals surface area (Å²) < 4.78 is 5.11. The lowest BCUT2D eigenvalue weighted by molar-refractivity contribution is 0.347. The van der Waals surface area contributed by atoms with Gasteiger partial charge in [0, 0.05) is 18.8 Å². The minimum Gasteiger partial charge on any atom is -0.497 e. The Hall–Kier alpha value is -1.22. The molecule has 0 aromatic heterocycles. The van der Waals surface area contributed by atoms with E-state index in [0.29, 0.717) is 5.92 Å². The molecule has 0 heterocycles. The molecule has 1 rings (SSSR count). The van der Waals surface area contributed by atoms with Crippen LogP contribution < -0.4 is 10.1 Å². The Bertz CT molecular complexity index is 295. The summed E-state index contributed by atoms with van der Waals surface area (Å²) in [7, 11) is 5.88. The van der Waals surface area contributed by atoms with Crippen LogP contribution in [0.25, 0.3) is 0 Å². The Balaban J connectivity index is 2.36. The van der Waals surface area contributed by atoms with E-state index in [1.165, 1.54) is 0 Å². The fourth-order valence-corrected chi connectivity index (χ4v) is 1.69. The van der Waals surface area contributed by atoms with E-state index < -0.39 is 0 Å². The van der Waals surface area contributed by atoms with E-state index >= 15 is 0 Å². The third kappa shape index (κ3) is 4.53. The van der Waals surface area contributed by atoms with E-state index in [1.54, 1.807) is 7.11 Å². The van der Waals surface area contributed by atoms with Gasteiger partial charge in [-0.15, -0.1) is 0 Å². The van der Waals surface area contributed by atoms with Crippen LogP contribution >= 0.6 is 0 Å². The highest BCUT2D eigenvalue weighted by Crippen LogP contribution is 2.15. The van der Waals surface area contributed by atoms with Crippen LogP contribution in [0.1, 0.15) is 6.92 Å². The molecule has 0 saturated heterocycles. The molecule has 0 saturated carbocycles. The zero-order chi connectivity index (χ0) is 12.0. The maximum absolute atomic E-state index is 5.11. The summed E-state index contributed by atoms with van der Waals surface area (Å²) in [5.74, 6) is 1.53. The number of nitrogens with zero attached hydrogens (tertiary/aromatic N) is 1. The van der Waals surface area contributed by atoms with Crippen molar-refractivity contribution in [2.75, 3.05) is 39.6 Å². The normalized spacial score (nSPS) is 12.6. The molecule has 0 spiro atoms. The van der Waals surface area contributed by atoms with Gasteiger partial charge in [-0.3, -0.25) is 0 Å². The van der Waals surface area contributed by atoms with Crippen molar-refractivity contribution in [3.8, 4) is 5.75 Å². The van der Waals surface area contributed by atoms with Gasteiger partial charge in [-0.25, -0.2) is 0 Å². The predicted octanol–water partition coefficient (Wildman–Crippen LogP) is 2.30. The molecule has 1 atom stereocenters. The van der Waals surface area contributed by atoms with Crippen molar-refractivity contribution in [1.29, 1.82) is 0 Å². The highest BCUT2D eigenvalue weighted by Gasteiger charge is 2.03. The summed E-state index contributed by atoms with van der Waals surface area (Å²) in [6.45, 7) is 4.34.